The maximum absolute atomic E-state index is 11.7. The van der Waals surface area contributed by atoms with E-state index in [4.69, 9.17) is 0 Å². The zero-order valence-electron chi connectivity index (χ0n) is 12.1. The molecular weight excluding hydrogens is 226 g/mol. The van der Waals surface area contributed by atoms with Crippen molar-refractivity contribution in [2.45, 2.75) is 52.6 Å². The van der Waals surface area contributed by atoms with Crippen LogP contribution in [0.2, 0.25) is 0 Å². The van der Waals surface area contributed by atoms with Crippen LogP contribution in [-0.2, 0) is 10.3 Å². The van der Waals surface area contributed by atoms with E-state index in [2.05, 4.69) is 5.32 Å². The van der Waals surface area contributed by atoms with Gasteiger partial charge in [-0.2, -0.15) is 0 Å². The quantitative estimate of drug-likeness (QED) is 0.865. The second-order valence-corrected chi connectivity index (χ2v) is 6.12. The fraction of sp³-hybridized carbons (Fsp3) is 0.533. The topological polar surface area (TPSA) is 49.3 Å². The summed E-state index contributed by atoms with van der Waals surface area (Å²) in [6, 6.07) is 5.87. The highest BCUT2D eigenvalue weighted by Crippen LogP contribution is 2.27. The van der Waals surface area contributed by atoms with E-state index in [0.717, 1.165) is 16.7 Å². The maximum atomic E-state index is 11.7. The van der Waals surface area contributed by atoms with E-state index in [9.17, 15) is 9.90 Å². The Bertz CT molecular complexity index is 460. The normalized spacial score (nSPS) is 15.2. The molecule has 3 heteroatoms. The Balaban J connectivity index is 3.32. The molecule has 0 heterocycles. The molecule has 0 spiro atoms. The van der Waals surface area contributed by atoms with Crippen LogP contribution in [0, 0.1) is 13.8 Å². The van der Waals surface area contributed by atoms with Crippen LogP contribution in [0.15, 0.2) is 18.2 Å². The molecule has 0 radical (unpaired) electrons. The standard InChI is InChI=1S/C15H23NO2/c1-10-7-8-12(11(2)9-10)15(6,13(17)18)16-14(3,4)5/h7-9,16H,1-6H3,(H,17,18). The molecule has 0 amide bonds. The van der Waals surface area contributed by atoms with Crippen molar-refractivity contribution in [3.63, 3.8) is 0 Å². The van der Waals surface area contributed by atoms with Gasteiger partial charge in [-0.3, -0.25) is 5.32 Å². The van der Waals surface area contributed by atoms with Crippen molar-refractivity contribution < 1.29 is 9.90 Å². The van der Waals surface area contributed by atoms with E-state index >= 15 is 0 Å². The minimum Gasteiger partial charge on any atom is -0.480 e. The molecule has 3 nitrogen and oxygen atoms in total. The van der Waals surface area contributed by atoms with Crippen molar-refractivity contribution in [2.24, 2.45) is 0 Å². The Hall–Kier alpha value is -1.35. The zero-order chi connectivity index (χ0) is 14.1. The SMILES string of the molecule is Cc1ccc(C(C)(NC(C)(C)C)C(=O)O)c(C)c1. The van der Waals surface area contributed by atoms with Gasteiger partial charge >= 0.3 is 5.97 Å². The van der Waals surface area contributed by atoms with E-state index < -0.39 is 11.5 Å². The van der Waals surface area contributed by atoms with Gasteiger partial charge < -0.3 is 5.11 Å². The van der Waals surface area contributed by atoms with E-state index in [1.165, 1.54) is 0 Å². The lowest BCUT2D eigenvalue weighted by atomic mass is 9.85. The molecule has 0 aliphatic rings. The number of nitrogens with one attached hydrogen (secondary N) is 1. The largest absolute Gasteiger partial charge is 0.480 e. The Kier molecular flexibility index (Phi) is 3.86. The summed E-state index contributed by atoms with van der Waals surface area (Å²) >= 11 is 0. The van der Waals surface area contributed by atoms with Gasteiger partial charge in [0.15, 0.2) is 0 Å². The molecule has 0 saturated heterocycles. The highest BCUT2D eigenvalue weighted by atomic mass is 16.4. The summed E-state index contributed by atoms with van der Waals surface area (Å²) in [7, 11) is 0. The van der Waals surface area contributed by atoms with Gasteiger partial charge in [0.05, 0.1) is 0 Å². The maximum Gasteiger partial charge on any atom is 0.328 e. The number of carboxylic acid groups (broad SMARTS) is 1. The van der Waals surface area contributed by atoms with Crippen molar-refractivity contribution in [1.82, 2.24) is 5.32 Å². The predicted octanol–water partition coefficient (Wildman–Crippen LogP) is 2.99. The number of benzene rings is 1. The third-order valence-corrected chi connectivity index (χ3v) is 2.97. The molecule has 100 valence electrons. The summed E-state index contributed by atoms with van der Waals surface area (Å²) in [6.45, 7) is 11.6. The van der Waals surface area contributed by atoms with Crippen LogP contribution >= 0.6 is 0 Å². The van der Waals surface area contributed by atoms with Gasteiger partial charge in [0.1, 0.15) is 5.54 Å². The van der Waals surface area contributed by atoms with Crippen molar-refractivity contribution in [3.05, 3.63) is 34.9 Å². The predicted molar refractivity (Wildman–Crippen MR) is 73.8 cm³/mol. The lowest BCUT2D eigenvalue weighted by Gasteiger charge is -2.35. The average molecular weight is 249 g/mol. The Morgan fingerprint density at radius 3 is 2.11 bits per heavy atom. The second-order valence-electron chi connectivity index (χ2n) is 6.12. The molecule has 1 rings (SSSR count). The number of rotatable bonds is 3. The molecule has 1 atom stereocenters. The van der Waals surface area contributed by atoms with E-state index in [1.54, 1.807) is 6.92 Å². The number of carbonyl (C=O) groups is 1. The van der Waals surface area contributed by atoms with Crippen LogP contribution in [-0.4, -0.2) is 16.6 Å². The third-order valence-electron chi connectivity index (χ3n) is 2.97. The van der Waals surface area contributed by atoms with Crippen molar-refractivity contribution in [3.8, 4) is 0 Å². The highest BCUT2D eigenvalue weighted by Gasteiger charge is 2.39. The highest BCUT2D eigenvalue weighted by molar-refractivity contribution is 5.81. The molecule has 0 aromatic heterocycles. The molecule has 1 aromatic rings. The van der Waals surface area contributed by atoms with E-state index in [1.807, 2.05) is 52.8 Å². The fourth-order valence-corrected chi connectivity index (χ4v) is 2.36. The van der Waals surface area contributed by atoms with Crippen LogP contribution in [0.1, 0.15) is 44.4 Å². The molecule has 2 N–H and O–H groups in total. The zero-order valence-corrected chi connectivity index (χ0v) is 12.1. The Morgan fingerprint density at radius 1 is 1.17 bits per heavy atom. The summed E-state index contributed by atoms with van der Waals surface area (Å²) < 4.78 is 0. The minimum atomic E-state index is -1.07. The van der Waals surface area contributed by atoms with Gasteiger partial charge in [0.2, 0.25) is 0 Å². The molecule has 0 aliphatic carbocycles. The molecule has 0 fully saturated rings. The van der Waals surface area contributed by atoms with Crippen LogP contribution in [0.4, 0.5) is 0 Å². The Morgan fingerprint density at radius 2 is 1.72 bits per heavy atom. The molecule has 1 unspecified atom stereocenters. The fourth-order valence-electron chi connectivity index (χ4n) is 2.36. The van der Waals surface area contributed by atoms with Gasteiger partial charge in [-0.15, -0.1) is 0 Å². The van der Waals surface area contributed by atoms with Gasteiger partial charge in [-0.1, -0.05) is 23.8 Å². The van der Waals surface area contributed by atoms with Gasteiger partial charge in [-0.25, -0.2) is 4.79 Å². The number of carboxylic acids is 1. The monoisotopic (exact) mass is 249 g/mol. The molecule has 0 aliphatic heterocycles. The van der Waals surface area contributed by atoms with Crippen molar-refractivity contribution in [2.75, 3.05) is 0 Å². The van der Waals surface area contributed by atoms with Crippen molar-refractivity contribution in [1.29, 1.82) is 0 Å². The summed E-state index contributed by atoms with van der Waals surface area (Å²) in [4.78, 5) is 11.7. The first-order valence-corrected chi connectivity index (χ1v) is 6.17. The number of aryl methyl sites for hydroxylation is 2. The molecule has 0 bridgehead atoms. The van der Waals surface area contributed by atoms with Gasteiger partial charge in [0, 0.05) is 5.54 Å². The molecule has 18 heavy (non-hydrogen) atoms. The van der Waals surface area contributed by atoms with Crippen LogP contribution in [0.3, 0.4) is 0 Å². The number of hydrogen-bond donors (Lipinski definition) is 2. The van der Waals surface area contributed by atoms with Crippen molar-refractivity contribution >= 4 is 5.97 Å². The van der Waals surface area contributed by atoms with E-state index in [0.29, 0.717) is 0 Å². The first-order valence-electron chi connectivity index (χ1n) is 6.17. The molecular formula is C15H23NO2. The smallest absolute Gasteiger partial charge is 0.328 e. The lowest BCUT2D eigenvalue weighted by molar-refractivity contribution is -0.145. The molecule has 1 aromatic carbocycles. The van der Waals surface area contributed by atoms with Crippen LogP contribution < -0.4 is 5.32 Å². The average Bonchev–Trinajstić information content (AvgIpc) is 2.13. The summed E-state index contributed by atoms with van der Waals surface area (Å²) in [5.74, 6) is -0.857. The van der Waals surface area contributed by atoms with Gasteiger partial charge in [-0.05, 0) is 52.7 Å². The number of hydrogen-bond acceptors (Lipinski definition) is 2. The summed E-state index contributed by atoms with van der Waals surface area (Å²) in [6.07, 6.45) is 0. The third kappa shape index (κ3) is 3.10. The van der Waals surface area contributed by atoms with Crippen LogP contribution in [0.5, 0.6) is 0 Å². The number of aliphatic carboxylic acids is 1. The first-order chi connectivity index (χ1) is 8.06. The van der Waals surface area contributed by atoms with Crippen LogP contribution in [0.25, 0.3) is 0 Å². The Labute approximate surface area is 109 Å². The molecule has 0 saturated carbocycles. The lowest BCUT2D eigenvalue weighted by Crippen LogP contribution is -2.55. The summed E-state index contributed by atoms with van der Waals surface area (Å²) in [5, 5.41) is 12.8. The minimum absolute atomic E-state index is 0.273. The second kappa shape index (κ2) is 4.73. The first kappa shape index (κ1) is 14.7. The summed E-state index contributed by atoms with van der Waals surface area (Å²) in [5.41, 5.74) is 1.60. The van der Waals surface area contributed by atoms with E-state index in [-0.39, 0.29) is 5.54 Å². The van der Waals surface area contributed by atoms with Gasteiger partial charge in [0.25, 0.3) is 0 Å².